The maximum atomic E-state index is 13.3. The number of halogens is 1. The normalized spacial score (nSPS) is 16.2. The molecule has 2 aromatic carbocycles. The molecule has 6 heteroatoms. The van der Waals surface area contributed by atoms with E-state index in [0.29, 0.717) is 23.4 Å². The number of fused-ring (bicyclic) bond motifs is 3. The second kappa shape index (κ2) is 7.54. The minimum atomic E-state index is -0.494. The zero-order chi connectivity index (χ0) is 20.5. The number of hydrogen-bond acceptors (Lipinski definition) is 3. The summed E-state index contributed by atoms with van der Waals surface area (Å²) in [6, 6.07) is 13.2. The van der Waals surface area contributed by atoms with Crippen molar-refractivity contribution in [3.63, 3.8) is 0 Å². The van der Waals surface area contributed by atoms with Gasteiger partial charge in [-0.1, -0.05) is 25.1 Å². The van der Waals surface area contributed by atoms with E-state index in [1.807, 2.05) is 31.2 Å². The fraction of sp³-hybridized carbons (Fsp3) is 0.217. The summed E-state index contributed by atoms with van der Waals surface area (Å²) >= 11 is 0. The second-order valence-electron chi connectivity index (χ2n) is 7.09. The zero-order valence-electron chi connectivity index (χ0n) is 16.2. The van der Waals surface area contributed by atoms with Crippen molar-refractivity contribution in [2.24, 2.45) is 0 Å². The standard InChI is InChI=1S/C23H21FN2O3/c1-3-29-23(28)18-13-26(22(27)15-8-10-16(24)11-9-15)12-14(2)20-17-6-4-5-7-19(17)25-21(18)20/h4-11,13-14,25H,3,12H2,1-2H3. The predicted molar refractivity (Wildman–Crippen MR) is 109 cm³/mol. The summed E-state index contributed by atoms with van der Waals surface area (Å²) in [4.78, 5) is 30.6. The third kappa shape index (κ3) is 3.42. The van der Waals surface area contributed by atoms with Crippen molar-refractivity contribution in [1.82, 2.24) is 9.88 Å². The molecule has 4 rings (SSSR count). The van der Waals surface area contributed by atoms with E-state index >= 15 is 0 Å². The van der Waals surface area contributed by atoms with Crippen LogP contribution in [0.5, 0.6) is 0 Å². The number of aromatic nitrogens is 1. The number of rotatable bonds is 3. The predicted octanol–water partition coefficient (Wildman–Crippen LogP) is 4.47. The number of para-hydroxylation sites is 1. The Hall–Kier alpha value is -3.41. The molecule has 5 nitrogen and oxygen atoms in total. The molecule has 0 aliphatic carbocycles. The molecule has 1 atom stereocenters. The minimum absolute atomic E-state index is 0.0336. The van der Waals surface area contributed by atoms with Crippen LogP contribution in [0.15, 0.2) is 54.7 Å². The first-order valence-corrected chi connectivity index (χ1v) is 9.56. The largest absolute Gasteiger partial charge is 0.462 e. The van der Waals surface area contributed by atoms with Crippen LogP contribution in [0.3, 0.4) is 0 Å². The number of H-pyrrole nitrogens is 1. The maximum Gasteiger partial charge on any atom is 0.341 e. The molecular weight excluding hydrogens is 371 g/mol. The van der Waals surface area contributed by atoms with Gasteiger partial charge in [-0.2, -0.15) is 0 Å². The molecule has 2 heterocycles. The van der Waals surface area contributed by atoms with Crippen LogP contribution < -0.4 is 0 Å². The van der Waals surface area contributed by atoms with Gasteiger partial charge in [0.15, 0.2) is 0 Å². The maximum absolute atomic E-state index is 13.3. The van der Waals surface area contributed by atoms with Gasteiger partial charge in [0, 0.05) is 35.1 Å². The lowest BCUT2D eigenvalue weighted by atomic mass is 9.96. The second-order valence-corrected chi connectivity index (χ2v) is 7.09. The molecule has 29 heavy (non-hydrogen) atoms. The van der Waals surface area contributed by atoms with Gasteiger partial charge in [-0.05, 0) is 42.8 Å². The lowest BCUT2D eigenvalue weighted by molar-refractivity contribution is -0.136. The fourth-order valence-corrected chi connectivity index (χ4v) is 3.81. The third-order valence-electron chi connectivity index (χ3n) is 5.11. The van der Waals surface area contributed by atoms with Crippen molar-refractivity contribution in [1.29, 1.82) is 0 Å². The molecule has 3 aromatic rings. The van der Waals surface area contributed by atoms with Crippen LogP contribution in [-0.2, 0) is 9.53 Å². The Morgan fingerprint density at radius 3 is 2.62 bits per heavy atom. The van der Waals surface area contributed by atoms with Crippen molar-refractivity contribution in [3.05, 3.63) is 77.4 Å². The van der Waals surface area contributed by atoms with Crippen LogP contribution in [0.4, 0.5) is 4.39 Å². The number of benzene rings is 2. The highest BCUT2D eigenvalue weighted by molar-refractivity contribution is 6.18. The van der Waals surface area contributed by atoms with E-state index in [-0.39, 0.29) is 18.4 Å². The van der Waals surface area contributed by atoms with Gasteiger partial charge in [0.05, 0.1) is 17.9 Å². The number of nitrogens with one attached hydrogen (secondary N) is 1. The van der Waals surface area contributed by atoms with E-state index in [9.17, 15) is 14.0 Å². The molecule has 1 N–H and O–H groups in total. The molecule has 0 bridgehead atoms. The molecule has 0 radical (unpaired) electrons. The summed E-state index contributed by atoms with van der Waals surface area (Å²) in [7, 11) is 0. The van der Waals surface area contributed by atoms with Crippen molar-refractivity contribution in [2.75, 3.05) is 13.2 Å². The Labute approximate surface area is 167 Å². The smallest absolute Gasteiger partial charge is 0.341 e. The van der Waals surface area contributed by atoms with Gasteiger partial charge in [0.25, 0.3) is 5.91 Å². The van der Waals surface area contributed by atoms with Gasteiger partial charge < -0.3 is 14.6 Å². The van der Waals surface area contributed by atoms with Gasteiger partial charge in [0.2, 0.25) is 0 Å². The van der Waals surface area contributed by atoms with E-state index in [0.717, 1.165) is 16.5 Å². The van der Waals surface area contributed by atoms with Gasteiger partial charge in [0.1, 0.15) is 5.82 Å². The van der Waals surface area contributed by atoms with Crippen molar-refractivity contribution >= 4 is 28.4 Å². The van der Waals surface area contributed by atoms with E-state index in [2.05, 4.69) is 4.98 Å². The topological polar surface area (TPSA) is 62.4 Å². The summed E-state index contributed by atoms with van der Waals surface area (Å²) in [5.74, 6) is -1.23. The number of esters is 1. The highest BCUT2D eigenvalue weighted by Gasteiger charge is 2.31. The Morgan fingerprint density at radius 2 is 1.90 bits per heavy atom. The first-order valence-electron chi connectivity index (χ1n) is 9.56. The first-order chi connectivity index (χ1) is 14.0. The Morgan fingerprint density at radius 1 is 1.17 bits per heavy atom. The molecule has 0 saturated carbocycles. The quantitative estimate of drug-likeness (QED) is 0.669. The van der Waals surface area contributed by atoms with Crippen LogP contribution in [0.1, 0.15) is 41.4 Å². The lowest BCUT2D eigenvalue weighted by Crippen LogP contribution is -2.29. The number of carbonyl (C=O) groups is 2. The summed E-state index contributed by atoms with van der Waals surface area (Å²) in [5.41, 5.74) is 3.24. The minimum Gasteiger partial charge on any atom is -0.462 e. The molecule has 0 saturated heterocycles. The summed E-state index contributed by atoms with van der Waals surface area (Å²) < 4.78 is 18.5. The van der Waals surface area contributed by atoms with Crippen LogP contribution in [-0.4, -0.2) is 34.9 Å². The van der Waals surface area contributed by atoms with E-state index in [1.165, 1.54) is 29.2 Å². The van der Waals surface area contributed by atoms with E-state index < -0.39 is 11.8 Å². The number of nitrogens with zero attached hydrogens (tertiary/aromatic N) is 1. The van der Waals surface area contributed by atoms with Gasteiger partial charge >= 0.3 is 5.97 Å². The number of aromatic amines is 1. The number of hydrogen-bond donors (Lipinski definition) is 1. The van der Waals surface area contributed by atoms with Crippen molar-refractivity contribution in [2.45, 2.75) is 19.8 Å². The average Bonchev–Trinajstić information content (AvgIpc) is 3.03. The molecule has 1 unspecified atom stereocenters. The van der Waals surface area contributed by atoms with Gasteiger partial charge in [-0.25, -0.2) is 9.18 Å². The zero-order valence-corrected chi connectivity index (χ0v) is 16.2. The monoisotopic (exact) mass is 392 g/mol. The summed E-state index contributed by atoms with van der Waals surface area (Å²) in [6.45, 7) is 4.37. The highest BCUT2D eigenvalue weighted by atomic mass is 19.1. The summed E-state index contributed by atoms with van der Waals surface area (Å²) in [6.07, 6.45) is 1.54. The fourth-order valence-electron chi connectivity index (χ4n) is 3.81. The highest BCUT2D eigenvalue weighted by Crippen LogP contribution is 2.37. The molecule has 1 aliphatic rings. The molecule has 148 valence electrons. The summed E-state index contributed by atoms with van der Waals surface area (Å²) in [5, 5.41) is 1.02. The molecule has 0 spiro atoms. The third-order valence-corrected chi connectivity index (χ3v) is 5.11. The SMILES string of the molecule is CCOC(=O)C1=CN(C(=O)c2ccc(F)cc2)CC(C)c2c1[nH]c1ccccc21. The number of amides is 1. The molecule has 1 aromatic heterocycles. The van der Waals surface area contributed by atoms with E-state index in [1.54, 1.807) is 13.1 Å². The molecule has 1 aliphatic heterocycles. The van der Waals surface area contributed by atoms with Crippen LogP contribution in [0.2, 0.25) is 0 Å². The lowest BCUT2D eigenvalue weighted by Gasteiger charge is -2.21. The molecule has 0 fully saturated rings. The first kappa shape index (κ1) is 18.9. The average molecular weight is 392 g/mol. The van der Waals surface area contributed by atoms with Crippen LogP contribution >= 0.6 is 0 Å². The number of ether oxygens (including phenoxy) is 1. The van der Waals surface area contributed by atoms with Crippen LogP contribution in [0.25, 0.3) is 16.5 Å². The van der Waals surface area contributed by atoms with Crippen molar-refractivity contribution < 1.29 is 18.7 Å². The van der Waals surface area contributed by atoms with E-state index in [4.69, 9.17) is 4.74 Å². The molecular formula is C23H21FN2O3. The Balaban J connectivity index is 1.84. The number of carbonyl (C=O) groups excluding carboxylic acids is 2. The Kier molecular flexibility index (Phi) is 4.92. The van der Waals surface area contributed by atoms with Crippen molar-refractivity contribution in [3.8, 4) is 0 Å². The molecule has 1 amide bonds. The van der Waals surface area contributed by atoms with Gasteiger partial charge in [-0.3, -0.25) is 4.79 Å². The van der Waals surface area contributed by atoms with Gasteiger partial charge in [-0.15, -0.1) is 0 Å². The Bertz CT molecular complexity index is 1110. The van der Waals surface area contributed by atoms with Crippen LogP contribution in [0, 0.1) is 5.82 Å².